The van der Waals surface area contributed by atoms with E-state index < -0.39 is 23.5 Å². The number of benzene rings is 3. The van der Waals surface area contributed by atoms with Crippen molar-refractivity contribution < 1.29 is 29.2 Å². The average molecular weight is 598 g/mol. The molecule has 11 nitrogen and oxygen atoms in total. The average Bonchev–Trinajstić information content (AvgIpc) is 3.64. The molecule has 1 aliphatic heterocycles. The van der Waals surface area contributed by atoms with Gasteiger partial charge in [0.2, 0.25) is 0 Å². The van der Waals surface area contributed by atoms with Crippen LogP contribution >= 0.6 is 0 Å². The van der Waals surface area contributed by atoms with Crippen LogP contribution in [0.25, 0.3) is 11.2 Å². The zero-order valence-electron chi connectivity index (χ0n) is 24.5. The van der Waals surface area contributed by atoms with E-state index in [9.17, 15) is 10.2 Å². The number of hydrogen-bond acceptors (Lipinski definition) is 10. The standard InChI is InChI=1S/C33H35N5O6/c1-41-25-12-8-23(9-13-25)33(22-6-4-3-5-7-22,24-10-14-26(42-2)15-11-24)43-19-32(16-17-39)27(40)18-28(44-32)38-21-37-29-30(34)35-20-36-31(29)38/h3-15,20-21,27-28,39-40H,16-19H2,1-2H3,(H2,34,35,36)/t27-,28?,32+/m0/s1. The van der Waals surface area contributed by atoms with Crippen molar-refractivity contribution in [3.05, 3.63) is 108 Å². The summed E-state index contributed by atoms with van der Waals surface area (Å²) in [5, 5.41) is 21.8. The van der Waals surface area contributed by atoms with E-state index >= 15 is 0 Å². The first-order chi connectivity index (χ1) is 21.4. The van der Waals surface area contributed by atoms with Crippen molar-refractivity contribution in [3.63, 3.8) is 0 Å². The van der Waals surface area contributed by atoms with Gasteiger partial charge in [0.05, 0.1) is 33.3 Å². The molecule has 44 heavy (non-hydrogen) atoms. The number of aliphatic hydroxyl groups excluding tert-OH is 2. The molecule has 5 aromatic rings. The number of imidazole rings is 1. The molecule has 0 radical (unpaired) electrons. The third kappa shape index (κ3) is 5.13. The maximum absolute atomic E-state index is 11.6. The minimum Gasteiger partial charge on any atom is -0.497 e. The first-order valence-corrected chi connectivity index (χ1v) is 14.3. The minimum atomic E-state index is -1.26. The lowest BCUT2D eigenvalue weighted by Crippen LogP contribution is -2.48. The molecule has 3 aromatic carbocycles. The van der Waals surface area contributed by atoms with E-state index in [0.717, 1.165) is 16.7 Å². The Bertz CT molecular complexity index is 1650. The largest absolute Gasteiger partial charge is 0.497 e. The predicted molar refractivity (Wildman–Crippen MR) is 163 cm³/mol. The van der Waals surface area contributed by atoms with Gasteiger partial charge in [-0.25, -0.2) is 15.0 Å². The number of aliphatic hydroxyl groups is 2. The van der Waals surface area contributed by atoms with E-state index in [0.29, 0.717) is 22.7 Å². The fraction of sp³-hybridized carbons (Fsp3) is 0.303. The van der Waals surface area contributed by atoms with Gasteiger partial charge in [0.1, 0.15) is 40.8 Å². The molecule has 228 valence electrons. The number of ether oxygens (including phenoxy) is 4. The Hall–Kier alpha value is -4.55. The molecule has 4 N–H and O–H groups in total. The van der Waals surface area contributed by atoms with Gasteiger partial charge in [-0.3, -0.25) is 4.57 Å². The van der Waals surface area contributed by atoms with E-state index in [1.807, 2.05) is 78.9 Å². The fourth-order valence-corrected chi connectivity index (χ4v) is 5.98. The Morgan fingerprint density at radius 1 is 0.909 bits per heavy atom. The van der Waals surface area contributed by atoms with E-state index in [-0.39, 0.29) is 31.9 Å². The zero-order chi connectivity index (χ0) is 30.7. The van der Waals surface area contributed by atoms with Crippen LogP contribution in [-0.4, -0.2) is 68.9 Å². The molecule has 1 fully saturated rings. The summed E-state index contributed by atoms with van der Waals surface area (Å²) in [4.78, 5) is 12.7. The van der Waals surface area contributed by atoms with Crippen LogP contribution in [0.1, 0.15) is 35.8 Å². The van der Waals surface area contributed by atoms with Crippen LogP contribution in [0.4, 0.5) is 5.82 Å². The zero-order valence-corrected chi connectivity index (χ0v) is 24.5. The van der Waals surface area contributed by atoms with Crippen LogP contribution in [-0.2, 0) is 15.1 Å². The number of nitrogen functional groups attached to an aromatic ring is 1. The second-order valence-electron chi connectivity index (χ2n) is 10.7. The summed E-state index contributed by atoms with van der Waals surface area (Å²) in [6.45, 7) is -0.279. The highest BCUT2D eigenvalue weighted by Crippen LogP contribution is 2.46. The molecule has 0 bridgehead atoms. The topological polar surface area (TPSA) is 147 Å². The monoisotopic (exact) mass is 597 g/mol. The molecule has 11 heteroatoms. The van der Waals surface area contributed by atoms with Crippen molar-refractivity contribution in [2.75, 3.05) is 33.2 Å². The highest BCUT2D eigenvalue weighted by molar-refractivity contribution is 5.81. The quantitative estimate of drug-likeness (QED) is 0.192. The van der Waals surface area contributed by atoms with Crippen molar-refractivity contribution in [2.45, 2.75) is 36.4 Å². The van der Waals surface area contributed by atoms with E-state index in [1.54, 1.807) is 25.1 Å². The molecule has 1 aliphatic rings. The normalized spacial score (nSPS) is 20.2. The van der Waals surface area contributed by atoms with Crippen LogP contribution in [0.5, 0.6) is 11.5 Å². The third-order valence-corrected chi connectivity index (χ3v) is 8.34. The van der Waals surface area contributed by atoms with Gasteiger partial charge in [-0.05, 0) is 41.0 Å². The molecule has 3 atom stereocenters. The molecule has 2 aromatic heterocycles. The van der Waals surface area contributed by atoms with Crippen molar-refractivity contribution in [1.82, 2.24) is 19.5 Å². The molecular weight excluding hydrogens is 562 g/mol. The van der Waals surface area contributed by atoms with E-state index in [2.05, 4.69) is 15.0 Å². The summed E-state index contributed by atoms with van der Waals surface area (Å²) in [5.41, 5.74) is 7.10. The summed E-state index contributed by atoms with van der Waals surface area (Å²) in [5.74, 6) is 1.66. The number of anilines is 1. The van der Waals surface area contributed by atoms with Gasteiger partial charge in [0.15, 0.2) is 11.5 Å². The molecule has 0 aliphatic carbocycles. The number of nitrogens with two attached hydrogens (primary N) is 1. The van der Waals surface area contributed by atoms with Gasteiger partial charge in [0.25, 0.3) is 0 Å². The molecule has 3 heterocycles. The van der Waals surface area contributed by atoms with Gasteiger partial charge in [-0.15, -0.1) is 0 Å². The van der Waals surface area contributed by atoms with E-state index in [1.165, 1.54) is 6.33 Å². The number of fused-ring (bicyclic) bond motifs is 1. The predicted octanol–water partition coefficient (Wildman–Crippen LogP) is 3.84. The van der Waals surface area contributed by atoms with Crippen molar-refractivity contribution >= 4 is 17.0 Å². The number of aromatic nitrogens is 4. The first kappa shape index (κ1) is 29.5. The maximum atomic E-state index is 11.6. The van der Waals surface area contributed by atoms with Gasteiger partial charge in [-0.2, -0.15) is 0 Å². The third-order valence-electron chi connectivity index (χ3n) is 8.34. The summed E-state index contributed by atoms with van der Waals surface area (Å²) < 4.78 is 26.3. The van der Waals surface area contributed by atoms with Gasteiger partial charge >= 0.3 is 0 Å². The van der Waals surface area contributed by atoms with Crippen LogP contribution in [0.15, 0.2) is 91.5 Å². The second-order valence-corrected chi connectivity index (χ2v) is 10.7. The summed E-state index contributed by atoms with van der Waals surface area (Å²) >= 11 is 0. The Morgan fingerprint density at radius 3 is 2.11 bits per heavy atom. The molecule has 1 saturated heterocycles. The number of hydrogen-bond donors (Lipinski definition) is 3. The molecule has 0 saturated carbocycles. The van der Waals surface area contributed by atoms with Gasteiger partial charge in [0, 0.05) is 19.4 Å². The van der Waals surface area contributed by atoms with E-state index in [4.69, 9.17) is 24.7 Å². The molecule has 0 spiro atoms. The summed E-state index contributed by atoms with van der Waals surface area (Å²) in [6, 6.07) is 25.3. The number of nitrogens with zero attached hydrogens (tertiary/aromatic N) is 4. The Balaban J connectivity index is 1.44. The van der Waals surface area contributed by atoms with Crippen LogP contribution in [0.3, 0.4) is 0 Å². The second kappa shape index (κ2) is 12.2. The highest BCUT2D eigenvalue weighted by Gasteiger charge is 2.51. The van der Waals surface area contributed by atoms with Gasteiger partial charge in [-0.1, -0.05) is 54.6 Å². The van der Waals surface area contributed by atoms with Crippen molar-refractivity contribution in [3.8, 4) is 11.5 Å². The Labute approximate surface area is 254 Å². The molecular formula is C33H35N5O6. The molecule has 0 amide bonds. The number of rotatable bonds is 11. The van der Waals surface area contributed by atoms with Crippen molar-refractivity contribution in [2.24, 2.45) is 0 Å². The Morgan fingerprint density at radius 2 is 1.52 bits per heavy atom. The fourth-order valence-electron chi connectivity index (χ4n) is 5.98. The lowest BCUT2D eigenvalue weighted by atomic mass is 9.79. The maximum Gasteiger partial charge on any atom is 0.167 e. The lowest BCUT2D eigenvalue weighted by Gasteiger charge is -2.40. The van der Waals surface area contributed by atoms with Crippen LogP contribution < -0.4 is 15.2 Å². The minimum absolute atomic E-state index is 0.0536. The van der Waals surface area contributed by atoms with Crippen LogP contribution in [0.2, 0.25) is 0 Å². The lowest BCUT2D eigenvalue weighted by molar-refractivity contribution is -0.166. The molecule has 6 rings (SSSR count). The van der Waals surface area contributed by atoms with Crippen molar-refractivity contribution in [1.29, 1.82) is 0 Å². The smallest absolute Gasteiger partial charge is 0.167 e. The summed E-state index contributed by atoms with van der Waals surface area (Å²) in [7, 11) is 3.24. The Kier molecular flexibility index (Phi) is 8.19. The SMILES string of the molecule is COc1ccc(C(OC[C@@]2(CCO)OC(n3cnc4c(N)ncnc43)C[C@@H]2O)(c2ccccc2)c2ccc(OC)cc2)cc1. The first-order valence-electron chi connectivity index (χ1n) is 14.3. The highest BCUT2D eigenvalue weighted by atomic mass is 16.6. The number of methoxy groups -OCH3 is 2. The van der Waals surface area contributed by atoms with Gasteiger partial charge < -0.3 is 34.9 Å². The summed E-state index contributed by atoms with van der Waals surface area (Å²) in [6.07, 6.45) is 1.69. The molecule has 1 unspecified atom stereocenters. The van der Waals surface area contributed by atoms with Crippen LogP contribution in [0, 0.1) is 0 Å².